The van der Waals surface area contributed by atoms with Gasteiger partial charge in [-0.1, -0.05) is 6.07 Å². The number of likely N-dealkylation sites (N-methyl/N-ethyl adjacent to an activating group) is 1. The Balaban J connectivity index is 2.88. The van der Waals surface area contributed by atoms with Crippen LogP contribution in [0.25, 0.3) is 0 Å². The van der Waals surface area contributed by atoms with E-state index in [1.807, 2.05) is 26.0 Å². The van der Waals surface area contributed by atoms with Crippen LogP contribution in [0, 0.1) is 13.8 Å². The van der Waals surface area contributed by atoms with Crippen LogP contribution in [0.1, 0.15) is 21.5 Å². The predicted octanol–water partition coefficient (Wildman–Crippen LogP) is 2.15. The number of carbonyl (C=O) groups is 1. The summed E-state index contributed by atoms with van der Waals surface area (Å²) < 4.78 is 5.66. The van der Waals surface area contributed by atoms with Gasteiger partial charge in [0.15, 0.2) is 0 Å². The quantitative estimate of drug-likeness (QED) is 0.900. The minimum absolute atomic E-state index is 0.117. The number of hydrogen-bond acceptors (Lipinski definition) is 3. The second-order valence-corrected chi connectivity index (χ2v) is 5.53. The minimum atomic E-state index is -0.677. The maximum atomic E-state index is 12.4. The number of hydrogen-bond donors (Lipinski definition) is 1. The summed E-state index contributed by atoms with van der Waals surface area (Å²) in [5, 5.41) is 9.66. The molecule has 1 unspecified atom stereocenters. The van der Waals surface area contributed by atoms with Gasteiger partial charge in [-0.15, -0.1) is 0 Å². The number of aliphatic hydroxyl groups is 1. The Morgan fingerprint density at radius 1 is 1.47 bits per heavy atom. The molecular weight excluding hydrogens is 310 g/mol. The first-order valence-corrected chi connectivity index (χ1v) is 6.85. The average Bonchev–Trinajstić information content (AvgIpc) is 2.33. The van der Waals surface area contributed by atoms with Crippen LogP contribution in [0.4, 0.5) is 0 Å². The number of halogens is 1. The molecular formula is C14H20BrNO3. The van der Waals surface area contributed by atoms with Crippen molar-refractivity contribution in [1.82, 2.24) is 4.90 Å². The van der Waals surface area contributed by atoms with Gasteiger partial charge in [-0.2, -0.15) is 0 Å². The fourth-order valence-corrected chi connectivity index (χ4v) is 2.35. The van der Waals surface area contributed by atoms with E-state index in [9.17, 15) is 9.90 Å². The summed E-state index contributed by atoms with van der Waals surface area (Å²) in [7, 11) is 3.19. The Morgan fingerprint density at radius 2 is 2.11 bits per heavy atom. The van der Waals surface area contributed by atoms with Crippen LogP contribution in [0.2, 0.25) is 0 Å². The highest BCUT2D eigenvalue weighted by atomic mass is 79.9. The summed E-state index contributed by atoms with van der Waals surface area (Å²) in [6.45, 7) is 4.36. The smallest absolute Gasteiger partial charge is 0.254 e. The number of amides is 1. The topological polar surface area (TPSA) is 49.8 Å². The number of benzene rings is 1. The van der Waals surface area contributed by atoms with E-state index >= 15 is 0 Å². The van der Waals surface area contributed by atoms with Gasteiger partial charge < -0.3 is 14.7 Å². The molecule has 0 fully saturated rings. The molecule has 1 N–H and O–H groups in total. The molecule has 0 saturated carbocycles. The molecule has 0 radical (unpaired) electrons. The third-order valence-electron chi connectivity index (χ3n) is 2.82. The number of rotatable bonds is 5. The van der Waals surface area contributed by atoms with E-state index in [1.54, 1.807) is 7.05 Å². The fourth-order valence-electron chi connectivity index (χ4n) is 1.96. The first-order valence-electron chi connectivity index (χ1n) is 6.06. The summed E-state index contributed by atoms with van der Waals surface area (Å²) in [6.07, 6.45) is -0.677. The van der Waals surface area contributed by atoms with E-state index in [-0.39, 0.29) is 19.1 Å². The van der Waals surface area contributed by atoms with E-state index < -0.39 is 6.10 Å². The molecule has 0 spiro atoms. The number of aryl methyl sites for hydroxylation is 2. The molecule has 1 aromatic rings. The lowest BCUT2D eigenvalue weighted by Crippen LogP contribution is -2.36. The van der Waals surface area contributed by atoms with Crippen molar-refractivity contribution in [3.63, 3.8) is 0 Å². The van der Waals surface area contributed by atoms with Gasteiger partial charge in [-0.3, -0.25) is 4.79 Å². The Kier molecular flexibility index (Phi) is 5.97. The predicted molar refractivity (Wildman–Crippen MR) is 78.5 cm³/mol. The molecule has 5 heteroatoms. The third kappa shape index (κ3) is 4.30. The molecule has 0 aliphatic carbocycles. The lowest BCUT2D eigenvalue weighted by molar-refractivity contribution is 0.0380. The van der Waals surface area contributed by atoms with Gasteiger partial charge in [0.1, 0.15) is 0 Å². The average molecular weight is 330 g/mol. The number of methoxy groups -OCH3 is 1. The Bertz CT molecular complexity index is 462. The van der Waals surface area contributed by atoms with Gasteiger partial charge in [0.05, 0.1) is 18.3 Å². The molecule has 4 nitrogen and oxygen atoms in total. The molecule has 19 heavy (non-hydrogen) atoms. The van der Waals surface area contributed by atoms with Gasteiger partial charge in [0.2, 0.25) is 0 Å². The lowest BCUT2D eigenvalue weighted by atomic mass is 10.1. The summed E-state index contributed by atoms with van der Waals surface area (Å²) in [5.74, 6) is -0.117. The number of aliphatic hydroxyl groups excluding tert-OH is 1. The van der Waals surface area contributed by atoms with Gasteiger partial charge >= 0.3 is 0 Å². The normalized spacial score (nSPS) is 12.3. The SMILES string of the molecule is COCC(O)CN(C)C(=O)c1cc(C)cc(C)c1Br. The highest BCUT2D eigenvalue weighted by Gasteiger charge is 2.18. The number of carbonyl (C=O) groups excluding carboxylic acids is 1. The van der Waals surface area contributed by atoms with Crippen molar-refractivity contribution in [1.29, 1.82) is 0 Å². The van der Waals surface area contributed by atoms with E-state index in [0.29, 0.717) is 5.56 Å². The van der Waals surface area contributed by atoms with Crippen molar-refractivity contribution in [2.45, 2.75) is 20.0 Å². The second kappa shape index (κ2) is 7.03. The maximum Gasteiger partial charge on any atom is 0.254 e. The van der Waals surface area contributed by atoms with Gasteiger partial charge in [0.25, 0.3) is 5.91 Å². The molecule has 1 rings (SSSR count). The van der Waals surface area contributed by atoms with Crippen molar-refractivity contribution >= 4 is 21.8 Å². The highest BCUT2D eigenvalue weighted by Crippen LogP contribution is 2.24. The zero-order valence-corrected chi connectivity index (χ0v) is 13.3. The Hall–Kier alpha value is -0.910. The summed E-state index contributed by atoms with van der Waals surface area (Å²) in [6, 6.07) is 3.86. The summed E-state index contributed by atoms with van der Waals surface area (Å²) in [4.78, 5) is 13.9. The summed E-state index contributed by atoms with van der Waals surface area (Å²) >= 11 is 3.45. The van der Waals surface area contributed by atoms with Gasteiger partial charge in [-0.25, -0.2) is 0 Å². The maximum absolute atomic E-state index is 12.4. The monoisotopic (exact) mass is 329 g/mol. The minimum Gasteiger partial charge on any atom is -0.389 e. The molecule has 0 aliphatic rings. The van der Waals surface area contributed by atoms with Crippen LogP contribution in [0.5, 0.6) is 0 Å². The van der Waals surface area contributed by atoms with Crippen molar-refractivity contribution in [3.8, 4) is 0 Å². The van der Waals surface area contributed by atoms with E-state index in [0.717, 1.165) is 15.6 Å². The first-order chi connectivity index (χ1) is 8.86. The largest absolute Gasteiger partial charge is 0.389 e. The first kappa shape index (κ1) is 16.1. The molecule has 0 heterocycles. The van der Waals surface area contributed by atoms with Crippen molar-refractivity contribution in [2.24, 2.45) is 0 Å². The Morgan fingerprint density at radius 3 is 2.68 bits per heavy atom. The Labute approximate surface area is 122 Å². The number of ether oxygens (including phenoxy) is 1. The van der Waals surface area contributed by atoms with Crippen molar-refractivity contribution in [2.75, 3.05) is 27.3 Å². The van der Waals surface area contributed by atoms with Gasteiger partial charge in [0, 0.05) is 25.2 Å². The molecule has 1 amide bonds. The molecule has 106 valence electrons. The highest BCUT2D eigenvalue weighted by molar-refractivity contribution is 9.10. The van der Waals surface area contributed by atoms with Crippen molar-refractivity contribution in [3.05, 3.63) is 33.3 Å². The zero-order valence-electron chi connectivity index (χ0n) is 11.7. The van der Waals surface area contributed by atoms with E-state index in [2.05, 4.69) is 15.9 Å². The zero-order chi connectivity index (χ0) is 14.6. The molecule has 0 saturated heterocycles. The molecule has 0 bridgehead atoms. The van der Waals surface area contributed by atoms with Crippen LogP contribution in [-0.2, 0) is 4.74 Å². The molecule has 1 atom stereocenters. The third-order valence-corrected chi connectivity index (χ3v) is 3.87. The van der Waals surface area contributed by atoms with Crippen LogP contribution < -0.4 is 0 Å². The lowest BCUT2D eigenvalue weighted by Gasteiger charge is -2.21. The number of nitrogens with zero attached hydrogens (tertiary/aromatic N) is 1. The van der Waals surface area contributed by atoms with Crippen LogP contribution in [0.15, 0.2) is 16.6 Å². The van der Waals surface area contributed by atoms with Gasteiger partial charge in [-0.05, 0) is 47.0 Å². The fraction of sp³-hybridized carbons (Fsp3) is 0.500. The standard InChI is InChI=1S/C14H20BrNO3/c1-9-5-10(2)13(15)12(6-9)14(18)16(3)7-11(17)8-19-4/h5-6,11,17H,7-8H2,1-4H3. The van der Waals surface area contributed by atoms with E-state index in [4.69, 9.17) is 4.74 Å². The molecule has 1 aromatic carbocycles. The molecule has 0 aliphatic heterocycles. The molecule has 0 aromatic heterocycles. The summed E-state index contributed by atoms with van der Waals surface area (Å²) in [5.41, 5.74) is 2.67. The van der Waals surface area contributed by atoms with Crippen molar-refractivity contribution < 1.29 is 14.6 Å². The van der Waals surface area contributed by atoms with Crippen LogP contribution >= 0.6 is 15.9 Å². The van der Waals surface area contributed by atoms with Crippen LogP contribution in [0.3, 0.4) is 0 Å². The second-order valence-electron chi connectivity index (χ2n) is 4.74. The van der Waals surface area contributed by atoms with E-state index in [1.165, 1.54) is 12.0 Å². The van der Waals surface area contributed by atoms with Crippen LogP contribution in [-0.4, -0.2) is 49.3 Å².